The molecule has 0 bridgehead atoms. The van der Waals surface area contributed by atoms with Crippen molar-refractivity contribution in [2.75, 3.05) is 0 Å². The quantitative estimate of drug-likeness (QED) is 0.482. The first kappa shape index (κ1) is 18.4. The summed E-state index contributed by atoms with van der Waals surface area (Å²) in [6, 6.07) is 11.9. The lowest BCUT2D eigenvalue weighted by Crippen LogP contribution is -2.16. The second kappa shape index (κ2) is 7.90. The molecule has 0 atom stereocenters. The van der Waals surface area contributed by atoms with E-state index >= 15 is 0 Å². The normalized spacial score (nSPS) is 11.9. The van der Waals surface area contributed by atoms with Crippen LogP contribution in [0.5, 0.6) is 0 Å². The topological polar surface area (TPSA) is 34.4 Å². The molecular weight excluding hydrogens is 367 g/mol. The second-order valence-corrected chi connectivity index (χ2v) is 8.56. The number of benzene rings is 2. The summed E-state index contributed by atoms with van der Waals surface area (Å²) < 4.78 is 16.0. The van der Waals surface area contributed by atoms with Crippen LogP contribution in [0.1, 0.15) is 24.2 Å². The Bertz CT molecular complexity index is 1070. The highest BCUT2D eigenvalue weighted by Crippen LogP contribution is 2.24. The van der Waals surface area contributed by atoms with Crippen molar-refractivity contribution in [1.82, 2.24) is 4.57 Å². The maximum atomic E-state index is 13.5. The van der Waals surface area contributed by atoms with Gasteiger partial charge in [0.15, 0.2) is 4.80 Å². The van der Waals surface area contributed by atoms with Crippen LogP contribution < -0.4 is 4.80 Å². The Hall–Kier alpha value is -2.36. The molecule has 0 N–H and O–H groups in total. The monoisotopic (exact) mass is 384 g/mol. The Morgan fingerprint density at radius 2 is 2.15 bits per heavy atom. The van der Waals surface area contributed by atoms with Crippen LogP contribution >= 0.6 is 23.1 Å². The molecule has 3 aromatic rings. The molecule has 132 valence electrons. The van der Waals surface area contributed by atoms with Crippen molar-refractivity contribution in [3.63, 3.8) is 0 Å². The first-order valence-electron chi connectivity index (χ1n) is 8.06. The fourth-order valence-corrected chi connectivity index (χ4v) is 4.45. The molecule has 0 radical (unpaired) electrons. The van der Waals surface area contributed by atoms with E-state index in [0.717, 1.165) is 10.4 Å². The molecule has 0 saturated heterocycles. The molecule has 0 aliphatic carbocycles. The molecule has 26 heavy (non-hydrogen) atoms. The van der Waals surface area contributed by atoms with E-state index in [1.54, 1.807) is 28.5 Å². The lowest BCUT2D eigenvalue weighted by atomic mass is 10.2. The SMILES string of the molecule is C#CCn1c(=NC(=O)c2cccc(SC(C)C)c2)sc2cc(F)ccc21. The van der Waals surface area contributed by atoms with E-state index in [1.165, 1.54) is 23.5 Å². The van der Waals surface area contributed by atoms with Crippen molar-refractivity contribution >= 4 is 39.2 Å². The minimum absolute atomic E-state index is 0.265. The number of carbonyl (C=O) groups is 1. The maximum Gasteiger partial charge on any atom is 0.279 e. The highest BCUT2D eigenvalue weighted by Gasteiger charge is 2.10. The molecule has 0 aliphatic heterocycles. The van der Waals surface area contributed by atoms with Crippen molar-refractivity contribution in [2.24, 2.45) is 4.99 Å². The number of amides is 1. The number of terminal acetylenes is 1. The third-order valence-electron chi connectivity index (χ3n) is 3.54. The summed E-state index contributed by atoms with van der Waals surface area (Å²) in [5.74, 6) is 1.89. The number of thioether (sulfide) groups is 1. The van der Waals surface area contributed by atoms with Gasteiger partial charge < -0.3 is 4.57 Å². The van der Waals surface area contributed by atoms with E-state index in [-0.39, 0.29) is 18.3 Å². The van der Waals surface area contributed by atoms with Gasteiger partial charge in [0.2, 0.25) is 0 Å². The number of hydrogen-bond donors (Lipinski definition) is 0. The van der Waals surface area contributed by atoms with Crippen molar-refractivity contribution in [3.8, 4) is 12.3 Å². The van der Waals surface area contributed by atoms with Crippen LogP contribution in [0.4, 0.5) is 4.39 Å². The standard InChI is InChI=1S/C20H17FN2OS2/c1-4-10-23-17-9-8-15(21)12-18(17)26-20(23)22-19(24)14-6-5-7-16(11-14)25-13(2)3/h1,5-9,11-13H,10H2,2-3H3. The number of rotatable bonds is 4. The van der Waals surface area contributed by atoms with Gasteiger partial charge in [0.25, 0.3) is 5.91 Å². The molecule has 6 heteroatoms. The maximum absolute atomic E-state index is 13.5. The van der Waals surface area contributed by atoms with Crippen molar-refractivity contribution in [1.29, 1.82) is 0 Å². The summed E-state index contributed by atoms with van der Waals surface area (Å²) in [5.41, 5.74) is 1.29. The molecule has 0 unspecified atom stereocenters. The molecule has 0 fully saturated rings. The van der Waals surface area contributed by atoms with Crippen LogP contribution in [-0.2, 0) is 6.54 Å². The van der Waals surface area contributed by atoms with Gasteiger partial charge in [0.05, 0.1) is 16.8 Å². The number of nitrogens with zero attached hydrogens (tertiary/aromatic N) is 2. The molecule has 1 heterocycles. The smallest absolute Gasteiger partial charge is 0.279 e. The number of thiazole rings is 1. The Balaban J connectivity index is 2.05. The van der Waals surface area contributed by atoms with Crippen molar-refractivity contribution in [2.45, 2.75) is 30.5 Å². The number of carbonyl (C=O) groups excluding carboxylic acids is 1. The van der Waals surface area contributed by atoms with Gasteiger partial charge >= 0.3 is 0 Å². The highest BCUT2D eigenvalue weighted by molar-refractivity contribution is 7.99. The molecule has 3 rings (SSSR count). The average molecular weight is 385 g/mol. The average Bonchev–Trinajstić information content (AvgIpc) is 2.91. The predicted molar refractivity (Wildman–Crippen MR) is 106 cm³/mol. The summed E-state index contributed by atoms with van der Waals surface area (Å²) >= 11 is 2.94. The summed E-state index contributed by atoms with van der Waals surface area (Å²) in [4.78, 5) is 18.4. The predicted octanol–water partition coefficient (Wildman–Crippen LogP) is 4.72. The number of aromatic nitrogens is 1. The van der Waals surface area contributed by atoms with Gasteiger partial charge in [-0.25, -0.2) is 4.39 Å². The van der Waals surface area contributed by atoms with Crippen LogP contribution in [0.3, 0.4) is 0 Å². The van der Waals surface area contributed by atoms with Gasteiger partial charge in [-0.2, -0.15) is 4.99 Å². The largest absolute Gasteiger partial charge is 0.305 e. The second-order valence-electron chi connectivity index (χ2n) is 5.90. The van der Waals surface area contributed by atoms with E-state index in [4.69, 9.17) is 6.42 Å². The minimum atomic E-state index is -0.339. The first-order valence-corrected chi connectivity index (χ1v) is 9.75. The Labute approximate surface area is 159 Å². The van der Waals surface area contributed by atoms with E-state index in [0.29, 0.717) is 20.3 Å². The molecule has 3 nitrogen and oxygen atoms in total. The van der Waals surface area contributed by atoms with E-state index in [1.807, 2.05) is 18.2 Å². The van der Waals surface area contributed by atoms with Gasteiger partial charge in [0, 0.05) is 15.7 Å². The molecule has 1 amide bonds. The molecule has 2 aromatic carbocycles. The summed E-state index contributed by atoms with van der Waals surface area (Å²) in [6.45, 7) is 4.46. The third-order valence-corrected chi connectivity index (χ3v) is 5.58. The van der Waals surface area contributed by atoms with Crippen LogP contribution in [-0.4, -0.2) is 15.7 Å². The first-order chi connectivity index (χ1) is 12.5. The molecule has 1 aromatic heterocycles. The van der Waals surface area contributed by atoms with Gasteiger partial charge in [-0.1, -0.05) is 37.2 Å². The fraction of sp³-hybridized carbons (Fsp3) is 0.200. The third kappa shape index (κ3) is 4.06. The number of fused-ring (bicyclic) bond motifs is 1. The van der Waals surface area contributed by atoms with E-state index in [9.17, 15) is 9.18 Å². The van der Waals surface area contributed by atoms with E-state index < -0.39 is 0 Å². The minimum Gasteiger partial charge on any atom is -0.305 e. The van der Waals surface area contributed by atoms with Crippen LogP contribution in [0.25, 0.3) is 10.2 Å². The van der Waals surface area contributed by atoms with E-state index in [2.05, 4.69) is 24.8 Å². The zero-order valence-corrected chi connectivity index (χ0v) is 16.0. The van der Waals surface area contributed by atoms with Gasteiger partial charge in [0.1, 0.15) is 5.82 Å². The summed E-state index contributed by atoms with van der Waals surface area (Å²) in [7, 11) is 0. The van der Waals surface area contributed by atoms with Crippen LogP contribution in [0, 0.1) is 18.2 Å². The Kier molecular flexibility index (Phi) is 5.60. The molecule has 0 spiro atoms. The Morgan fingerprint density at radius 1 is 1.35 bits per heavy atom. The number of hydrogen-bond acceptors (Lipinski definition) is 3. The summed E-state index contributed by atoms with van der Waals surface area (Å²) in [6.07, 6.45) is 5.45. The zero-order valence-electron chi connectivity index (χ0n) is 14.4. The fourth-order valence-electron chi connectivity index (χ4n) is 2.50. The summed E-state index contributed by atoms with van der Waals surface area (Å²) in [5, 5.41) is 0.424. The molecular formula is C20H17FN2OS2. The molecule has 0 aliphatic rings. The zero-order chi connectivity index (χ0) is 18.7. The van der Waals surface area contributed by atoms with Crippen molar-refractivity contribution < 1.29 is 9.18 Å². The lowest BCUT2D eigenvalue weighted by molar-refractivity contribution is 0.0997. The van der Waals surface area contributed by atoms with Gasteiger partial charge in [-0.05, 0) is 36.4 Å². The highest BCUT2D eigenvalue weighted by atomic mass is 32.2. The van der Waals surface area contributed by atoms with Crippen LogP contribution in [0.15, 0.2) is 52.4 Å². The number of halogens is 1. The van der Waals surface area contributed by atoms with Crippen LogP contribution in [0.2, 0.25) is 0 Å². The van der Waals surface area contributed by atoms with Crippen molar-refractivity contribution in [3.05, 3.63) is 58.6 Å². The van der Waals surface area contributed by atoms with Gasteiger partial charge in [-0.3, -0.25) is 4.79 Å². The Morgan fingerprint density at radius 3 is 2.88 bits per heavy atom. The lowest BCUT2D eigenvalue weighted by Gasteiger charge is -2.05. The van der Waals surface area contributed by atoms with Gasteiger partial charge in [-0.15, -0.1) is 18.2 Å². The molecule has 0 saturated carbocycles.